The van der Waals surface area contributed by atoms with Gasteiger partial charge in [-0.05, 0) is 0 Å². The Labute approximate surface area is 96.6 Å². The molecule has 4 nitrogen and oxygen atoms in total. The SMILES string of the molecule is NCC(=O)CCC(=O)OCC(Cl)(Cl)Cl. The highest BCUT2D eigenvalue weighted by Gasteiger charge is 2.22. The lowest BCUT2D eigenvalue weighted by Crippen LogP contribution is -2.19. The molecule has 0 aromatic heterocycles. The molecule has 0 saturated heterocycles. The smallest absolute Gasteiger partial charge is 0.306 e. The van der Waals surface area contributed by atoms with Crippen LogP contribution in [0.3, 0.4) is 0 Å². The van der Waals surface area contributed by atoms with E-state index < -0.39 is 9.76 Å². The quantitative estimate of drug-likeness (QED) is 0.597. The van der Waals surface area contributed by atoms with Gasteiger partial charge in [-0.15, -0.1) is 0 Å². The van der Waals surface area contributed by atoms with E-state index in [2.05, 4.69) is 4.74 Å². The van der Waals surface area contributed by atoms with Crippen LogP contribution in [0.4, 0.5) is 0 Å². The van der Waals surface area contributed by atoms with E-state index >= 15 is 0 Å². The van der Waals surface area contributed by atoms with Crippen LogP contribution in [-0.4, -0.2) is 28.7 Å². The average molecular weight is 263 g/mol. The van der Waals surface area contributed by atoms with Crippen LogP contribution in [0.2, 0.25) is 0 Å². The van der Waals surface area contributed by atoms with Crippen molar-refractivity contribution in [3.8, 4) is 0 Å². The van der Waals surface area contributed by atoms with E-state index in [-0.39, 0.29) is 31.8 Å². The van der Waals surface area contributed by atoms with Gasteiger partial charge in [0.05, 0.1) is 13.0 Å². The minimum atomic E-state index is -1.62. The number of nitrogens with two attached hydrogens (primary N) is 1. The Kier molecular flexibility index (Phi) is 6.44. The van der Waals surface area contributed by atoms with Crippen molar-refractivity contribution in [1.82, 2.24) is 0 Å². The van der Waals surface area contributed by atoms with Crippen molar-refractivity contribution in [2.75, 3.05) is 13.2 Å². The molecule has 0 saturated carbocycles. The average Bonchev–Trinajstić information content (AvgIpc) is 2.09. The molecule has 0 aromatic rings. The summed E-state index contributed by atoms with van der Waals surface area (Å²) in [5.41, 5.74) is 5.04. The van der Waals surface area contributed by atoms with Crippen LogP contribution in [0.1, 0.15) is 12.8 Å². The highest BCUT2D eigenvalue weighted by molar-refractivity contribution is 6.67. The number of halogens is 3. The number of rotatable bonds is 5. The van der Waals surface area contributed by atoms with Gasteiger partial charge in [-0.3, -0.25) is 9.59 Å². The molecular weight excluding hydrogens is 252 g/mol. The first-order valence-corrected chi connectivity index (χ1v) is 4.92. The standard InChI is InChI=1S/C7H10Cl3NO3/c8-7(9,10)4-14-6(13)2-1-5(12)3-11/h1-4,11H2. The Bertz CT molecular complexity index is 215. The molecule has 0 unspecified atom stereocenters. The van der Waals surface area contributed by atoms with Crippen LogP contribution in [-0.2, 0) is 14.3 Å². The zero-order valence-corrected chi connectivity index (χ0v) is 9.53. The maximum atomic E-state index is 10.9. The largest absolute Gasteiger partial charge is 0.461 e. The summed E-state index contributed by atoms with van der Waals surface area (Å²) < 4.78 is 2.96. The highest BCUT2D eigenvalue weighted by Crippen LogP contribution is 2.25. The zero-order chi connectivity index (χ0) is 11.2. The van der Waals surface area contributed by atoms with Crippen LogP contribution >= 0.6 is 34.8 Å². The molecule has 0 radical (unpaired) electrons. The highest BCUT2D eigenvalue weighted by atomic mass is 35.6. The van der Waals surface area contributed by atoms with Crippen molar-refractivity contribution in [1.29, 1.82) is 0 Å². The summed E-state index contributed by atoms with van der Waals surface area (Å²) in [4.78, 5) is 21.6. The third-order valence-corrected chi connectivity index (χ3v) is 1.56. The van der Waals surface area contributed by atoms with Crippen LogP contribution < -0.4 is 5.73 Å². The van der Waals surface area contributed by atoms with Crippen molar-refractivity contribution in [2.45, 2.75) is 16.6 Å². The van der Waals surface area contributed by atoms with Gasteiger partial charge in [0.25, 0.3) is 0 Å². The molecule has 0 spiro atoms. The van der Waals surface area contributed by atoms with E-state index in [9.17, 15) is 9.59 Å². The fraction of sp³-hybridized carbons (Fsp3) is 0.714. The molecule has 14 heavy (non-hydrogen) atoms. The van der Waals surface area contributed by atoms with Gasteiger partial charge in [0.2, 0.25) is 3.79 Å². The number of Topliss-reactive ketones (excluding diaryl/α,β-unsaturated/α-hetero) is 1. The normalized spacial score (nSPS) is 11.1. The van der Waals surface area contributed by atoms with E-state index in [4.69, 9.17) is 40.5 Å². The Morgan fingerprint density at radius 2 is 1.79 bits per heavy atom. The minimum absolute atomic E-state index is 0.0449. The molecular formula is C7H10Cl3NO3. The molecule has 0 atom stereocenters. The molecule has 0 bridgehead atoms. The summed E-state index contributed by atoms with van der Waals surface area (Å²) in [7, 11) is 0. The predicted molar refractivity (Wildman–Crippen MR) is 54.5 cm³/mol. The van der Waals surface area contributed by atoms with E-state index in [0.717, 1.165) is 0 Å². The Morgan fingerprint density at radius 1 is 1.21 bits per heavy atom. The van der Waals surface area contributed by atoms with Gasteiger partial charge in [-0.2, -0.15) is 0 Å². The first kappa shape index (κ1) is 14.0. The number of esters is 1. The lowest BCUT2D eigenvalue weighted by atomic mass is 10.2. The van der Waals surface area contributed by atoms with Crippen molar-refractivity contribution >= 4 is 46.6 Å². The van der Waals surface area contributed by atoms with Crippen molar-refractivity contribution in [2.24, 2.45) is 5.73 Å². The number of ketones is 1. The van der Waals surface area contributed by atoms with Crippen LogP contribution in [0.25, 0.3) is 0 Å². The number of ether oxygens (including phenoxy) is 1. The third-order valence-electron chi connectivity index (χ3n) is 1.23. The molecule has 0 rings (SSSR count). The minimum Gasteiger partial charge on any atom is -0.461 e. The molecule has 0 aliphatic carbocycles. The molecule has 0 fully saturated rings. The first-order valence-electron chi connectivity index (χ1n) is 3.79. The van der Waals surface area contributed by atoms with Gasteiger partial charge in [-0.1, -0.05) is 34.8 Å². The summed E-state index contributed by atoms with van der Waals surface area (Å²) in [6, 6.07) is 0. The fourth-order valence-electron chi connectivity index (χ4n) is 0.578. The van der Waals surface area contributed by atoms with Crippen molar-refractivity contribution in [3.63, 3.8) is 0 Å². The number of carbonyl (C=O) groups excluding carboxylic acids is 2. The summed E-state index contributed by atoms with van der Waals surface area (Å²) in [6.07, 6.45) is 0.00592. The Balaban J connectivity index is 3.62. The van der Waals surface area contributed by atoms with Crippen LogP contribution in [0.15, 0.2) is 0 Å². The number of hydrogen-bond donors (Lipinski definition) is 1. The molecule has 0 aliphatic heterocycles. The topological polar surface area (TPSA) is 69.4 Å². The lowest BCUT2D eigenvalue weighted by Gasteiger charge is -2.10. The van der Waals surface area contributed by atoms with Gasteiger partial charge >= 0.3 is 5.97 Å². The second-order valence-electron chi connectivity index (χ2n) is 2.52. The number of hydrogen-bond acceptors (Lipinski definition) is 4. The van der Waals surface area contributed by atoms with Gasteiger partial charge in [0, 0.05) is 6.42 Å². The second kappa shape index (κ2) is 6.45. The number of alkyl halides is 3. The van der Waals surface area contributed by atoms with E-state index in [1.807, 2.05) is 0 Å². The molecule has 82 valence electrons. The van der Waals surface area contributed by atoms with Gasteiger partial charge in [0.15, 0.2) is 0 Å². The lowest BCUT2D eigenvalue weighted by molar-refractivity contribution is -0.144. The third kappa shape index (κ3) is 8.56. The summed E-state index contributed by atoms with van der Waals surface area (Å²) in [5.74, 6) is -0.797. The maximum absolute atomic E-state index is 10.9. The second-order valence-corrected chi connectivity index (χ2v) is 5.03. The molecule has 0 amide bonds. The molecule has 2 N–H and O–H groups in total. The first-order chi connectivity index (χ1) is 6.35. The maximum Gasteiger partial charge on any atom is 0.306 e. The Morgan fingerprint density at radius 3 is 2.21 bits per heavy atom. The fourth-order valence-corrected chi connectivity index (χ4v) is 0.742. The molecule has 0 aliphatic rings. The van der Waals surface area contributed by atoms with E-state index in [1.165, 1.54) is 0 Å². The van der Waals surface area contributed by atoms with E-state index in [0.29, 0.717) is 0 Å². The van der Waals surface area contributed by atoms with Gasteiger partial charge < -0.3 is 10.5 Å². The summed E-state index contributed by atoms with van der Waals surface area (Å²) in [6.45, 7) is -0.412. The van der Waals surface area contributed by atoms with Crippen molar-refractivity contribution < 1.29 is 14.3 Å². The van der Waals surface area contributed by atoms with Crippen LogP contribution in [0, 0.1) is 0 Å². The molecule has 0 aromatic carbocycles. The van der Waals surface area contributed by atoms with E-state index in [1.54, 1.807) is 0 Å². The van der Waals surface area contributed by atoms with Gasteiger partial charge in [0.1, 0.15) is 12.4 Å². The number of carbonyl (C=O) groups is 2. The molecule has 0 heterocycles. The predicted octanol–water partition coefficient (Wildman–Crippen LogP) is 1.21. The van der Waals surface area contributed by atoms with Crippen LogP contribution in [0.5, 0.6) is 0 Å². The van der Waals surface area contributed by atoms with Crippen molar-refractivity contribution in [3.05, 3.63) is 0 Å². The monoisotopic (exact) mass is 261 g/mol. The molecule has 7 heteroatoms. The Hall–Kier alpha value is -0.0300. The summed E-state index contributed by atoms with van der Waals surface area (Å²) >= 11 is 16.0. The zero-order valence-electron chi connectivity index (χ0n) is 7.26. The van der Waals surface area contributed by atoms with Gasteiger partial charge in [-0.25, -0.2) is 0 Å². The summed E-state index contributed by atoms with van der Waals surface area (Å²) in [5, 5.41) is 0.